The highest BCUT2D eigenvalue weighted by Gasteiger charge is 2.02. The van der Waals surface area contributed by atoms with Crippen molar-refractivity contribution in [2.75, 3.05) is 0 Å². The third kappa shape index (κ3) is 2.64. The van der Waals surface area contributed by atoms with E-state index < -0.39 is 0 Å². The molecular weight excluding hydrogens is 256 g/mol. The molecule has 3 heteroatoms. The molecule has 1 aromatic heterocycles. The van der Waals surface area contributed by atoms with E-state index in [0.29, 0.717) is 5.15 Å². The average Bonchev–Trinajstić information content (AvgIpc) is 2.46. The van der Waals surface area contributed by atoms with Gasteiger partial charge in [0.05, 0.1) is 11.2 Å². The summed E-state index contributed by atoms with van der Waals surface area (Å²) in [6, 6.07) is 19.6. The first kappa shape index (κ1) is 11.9. The molecule has 3 aromatic rings. The SMILES string of the molecule is Clc1nc2ccccc2cc1C=Nc1ccccc1. The molecule has 0 aliphatic rings. The molecule has 0 radical (unpaired) electrons. The van der Waals surface area contributed by atoms with Crippen LogP contribution in [-0.4, -0.2) is 11.2 Å². The first-order valence-corrected chi connectivity index (χ1v) is 6.35. The Kier molecular flexibility index (Phi) is 3.25. The van der Waals surface area contributed by atoms with Crippen LogP contribution in [0.1, 0.15) is 5.56 Å². The fourth-order valence-corrected chi connectivity index (χ4v) is 2.05. The van der Waals surface area contributed by atoms with E-state index in [4.69, 9.17) is 11.6 Å². The van der Waals surface area contributed by atoms with Gasteiger partial charge in [0.1, 0.15) is 5.15 Å². The minimum atomic E-state index is 0.471. The maximum absolute atomic E-state index is 6.17. The number of nitrogens with zero attached hydrogens (tertiary/aromatic N) is 2. The van der Waals surface area contributed by atoms with Crippen molar-refractivity contribution in [3.63, 3.8) is 0 Å². The summed E-state index contributed by atoms with van der Waals surface area (Å²) in [6.45, 7) is 0. The topological polar surface area (TPSA) is 25.2 Å². The molecule has 0 bridgehead atoms. The predicted octanol–water partition coefficient (Wildman–Crippen LogP) is 4.64. The fraction of sp³-hybridized carbons (Fsp3) is 0. The normalized spacial score (nSPS) is 11.2. The van der Waals surface area contributed by atoms with E-state index in [2.05, 4.69) is 9.98 Å². The van der Waals surface area contributed by atoms with Crippen LogP contribution in [0, 0.1) is 0 Å². The number of halogens is 1. The number of aromatic nitrogens is 1. The van der Waals surface area contributed by atoms with Gasteiger partial charge in [0.25, 0.3) is 0 Å². The minimum absolute atomic E-state index is 0.471. The quantitative estimate of drug-likeness (QED) is 0.490. The van der Waals surface area contributed by atoms with Crippen molar-refractivity contribution < 1.29 is 0 Å². The third-order valence-electron chi connectivity index (χ3n) is 2.81. The van der Waals surface area contributed by atoms with Crippen molar-refractivity contribution in [2.24, 2.45) is 4.99 Å². The Morgan fingerprint density at radius 1 is 0.947 bits per heavy atom. The number of fused-ring (bicyclic) bond motifs is 1. The van der Waals surface area contributed by atoms with Crippen molar-refractivity contribution >= 4 is 34.4 Å². The Morgan fingerprint density at radius 3 is 2.53 bits per heavy atom. The number of aliphatic imine (C=N–C) groups is 1. The lowest BCUT2D eigenvalue weighted by atomic mass is 10.2. The van der Waals surface area contributed by atoms with Gasteiger partial charge < -0.3 is 0 Å². The van der Waals surface area contributed by atoms with Gasteiger partial charge in [-0.1, -0.05) is 48.0 Å². The van der Waals surface area contributed by atoms with Crippen LogP contribution in [0.5, 0.6) is 0 Å². The molecule has 0 atom stereocenters. The molecule has 3 rings (SSSR count). The first-order valence-electron chi connectivity index (χ1n) is 5.97. The Hall–Kier alpha value is -2.19. The molecule has 2 aromatic carbocycles. The summed E-state index contributed by atoms with van der Waals surface area (Å²) in [7, 11) is 0. The minimum Gasteiger partial charge on any atom is -0.256 e. The lowest BCUT2D eigenvalue weighted by Crippen LogP contribution is -1.88. The van der Waals surface area contributed by atoms with Crippen molar-refractivity contribution in [1.29, 1.82) is 0 Å². The van der Waals surface area contributed by atoms with Crippen molar-refractivity contribution in [3.8, 4) is 0 Å². The Balaban J connectivity index is 2.01. The number of para-hydroxylation sites is 2. The molecule has 0 saturated carbocycles. The molecule has 2 nitrogen and oxygen atoms in total. The summed E-state index contributed by atoms with van der Waals surface area (Å²) in [4.78, 5) is 8.76. The molecule has 1 heterocycles. The highest BCUT2D eigenvalue weighted by molar-refractivity contribution is 6.32. The standard InChI is InChI=1S/C16H11ClN2/c17-16-13(11-18-14-7-2-1-3-8-14)10-12-6-4-5-9-15(12)19-16/h1-11H. The summed E-state index contributed by atoms with van der Waals surface area (Å²) >= 11 is 6.17. The molecule has 0 aliphatic heterocycles. The second kappa shape index (κ2) is 5.21. The van der Waals surface area contributed by atoms with Crippen LogP contribution in [0.25, 0.3) is 10.9 Å². The van der Waals surface area contributed by atoms with Crippen molar-refractivity contribution in [3.05, 3.63) is 71.4 Å². The van der Waals surface area contributed by atoms with E-state index in [9.17, 15) is 0 Å². The second-order valence-corrected chi connectivity index (χ2v) is 4.51. The summed E-state index contributed by atoms with van der Waals surface area (Å²) in [6.07, 6.45) is 1.75. The number of pyridine rings is 1. The largest absolute Gasteiger partial charge is 0.256 e. The van der Waals surface area contributed by atoms with Crippen molar-refractivity contribution in [1.82, 2.24) is 4.98 Å². The second-order valence-electron chi connectivity index (χ2n) is 4.15. The van der Waals surface area contributed by atoms with Crippen molar-refractivity contribution in [2.45, 2.75) is 0 Å². The van der Waals surface area contributed by atoms with E-state index in [1.165, 1.54) is 0 Å². The summed E-state index contributed by atoms with van der Waals surface area (Å²) in [5.74, 6) is 0. The Morgan fingerprint density at radius 2 is 1.68 bits per heavy atom. The average molecular weight is 267 g/mol. The summed E-state index contributed by atoms with van der Waals surface area (Å²) < 4.78 is 0. The molecule has 0 unspecified atom stereocenters. The number of hydrogen-bond donors (Lipinski definition) is 0. The fourth-order valence-electron chi connectivity index (χ4n) is 1.86. The lowest BCUT2D eigenvalue weighted by molar-refractivity contribution is 1.39. The summed E-state index contributed by atoms with van der Waals surface area (Å²) in [5, 5.41) is 1.53. The van der Waals surface area contributed by atoms with Gasteiger partial charge in [-0.3, -0.25) is 4.99 Å². The van der Waals surface area contributed by atoms with Crippen LogP contribution in [0.3, 0.4) is 0 Å². The van der Waals surface area contributed by atoms with Crippen LogP contribution >= 0.6 is 11.6 Å². The monoisotopic (exact) mass is 266 g/mol. The van der Waals surface area contributed by atoms with Gasteiger partial charge in [-0.25, -0.2) is 4.98 Å². The first-order chi connectivity index (χ1) is 9.33. The molecule has 0 amide bonds. The molecular formula is C16H11ClN2. The smallest absolute Gasteiger partial charge is 0.138 e. The summed E-state index contributed by atoms with van der Waals surface area (Å²) in [5.41, 5.74) is 2.61. The van der Waals surface area contributed by atoms with Gasteiger partial charge in [0.2, 0.25) is 0 Å². The van der Waals surface area contributed by atoms with Crippen LogP contribution in [0.4, 0.5) is 5.69 Å². The van der Waals surface area contributed by atoms with E-state index in [1.807, 2.05) is 60.7 Å². The zero-order chi connectivity index (χ0) is 13.1. The van der Waals surface area contributed by atoms with Gasteiger partial charge in [0, 0.05) is 17.2 Å². The number of hydrogen-bond acceptors (Lipinski definition) is 2. The molecule has 0 spiro atoms. The van der Waals surface area contributed by atoms with Crippen LogP contribution < -0.4 is 0 Å². The Labute approximate surface area is 116 Å². The van der Waals surface area contributed by atoms with E-state index >= 15 is 0 Å². The van der Waals surface area contributed by atoms with Crippen LogP contribution in [-0.2, 0) is 0 Å². The number of benzene rings is 2. The van der Waals surface area contributed by atoms with Crippen LogP contribution in [0.2, 0.25) is 5.15 Å². The molecule has 0 fully saturated rings. The van der Waals surface area contributed by atoms with E-state index in [0.717, 1.165) is 22.2 Å². The molecule has 92 valence electrons. The lowest BCUT2D eigenvalue weighted by Gasteiger charge is -2.01. The Bertz CT molecular complexity index is 736. The highest BCUT2D eigenvalue weighted by atomic mass is 35.5. The zero-order valence-corrected chi connectivity index (χ0v) is 10.9. The molecule has 0 N–H and O–H groups in total. The zero-order valence-electron chi connectivity index (χ0n) is 10.1. The maximum atomic E-state index is 6.17. The molecule has 0 aliphatic carbocycles. The van der Waals surface area contributed by atoms with Gasteiger partial charge >= 0.3 is 0 Å². The van der Waals surface area contributed by atoms with Gasteiger partial charge in [-0.15, -0.1) is 0 Å². The van der Waals surface area contributed by atoms with Crippen LogP contribution in [0.15, 0.2) is 65.7 Å². The van der Waals surface area contributed by atoms with E-state index in [-0.39, 0.29) is 0 Å². The van der Waals surface area contributed by atoms with Gasteiger partial charge in [0.15, 0.2) is 0 Å². The molecule has 19 heavy (non-hydrogen) atoms. The molecule has 0 saturated heterocycles. The third-order valence-corrected chi connectivity index (χ3v) is 3.12. The van der Waals surface area contributed by atoms with Gasteiger partial charge in [-0.2, -0.15) is 0 Å². The van der Waals surface area contributed by atoms with Gasteiger partial charge in [-0.05, 0) is 24.3 Å². The van der Waals surface area contributed by atoms with E-state index in [1.54, 1.807) is 6.21 Å². The highest BCUT2D eigenvalue weighted by Crippen LogP contribution is 2.20. The predicted molar refractivity (Wildman–Crippen MR) is 80.4 cm³/mol. The number of rotatable bonds is 2. The maximum Gasteiger partial charge on any atom is 0.138 e.